The molecule has 5 heteroatoms. The number of benzene rings is 1. The maximum absolute atomic E-state index is 11.2. The molecule has 20 heavy (non-hydrogen) atoms. The van der Waals surface area contributed by atoms with E-state index in [0.29, 0.717) is 18.6 Å². The molecule has 1 aliphatic heterocycles. The van der Waals surface area contributed by atoms with E-state index in [1.165, 1.54) is 6.92 Å². The third kappa shape index (κ3) is 4.19. The number of ether oxygens (including phenoxy) is 2. The second kappa shape index (κ2) is 6.32. The molecule has 0 amide bonds. The quantitative estimate of drug-likeness (QED) is 0.478. The van der Waals surface area contributed by atoms with Crippen LogP contribution in [0.15, 0.2) is 24.3 Å². The van der Waals surface area contributed by atoms with Gasteiger partial charge in [-0.1, -0.05) is 12.1 Å². The second-order valence-electron chi connectivity index (χ2n) is 4.90. The van der Waals surface area contributed by atoms with Crippen molar-refractivity contribution < 1.29 is 23.9 Å². The number of carbonyl (C=O) groups excluding carboxylic acids is 3. The van der Waals surface area contributed by atoms with E-state index >= 15 is 0 Å². The summed E-state index contributed by atoms with van der Waals surface area (Å²) in [6.07, 6.45) is 2.13. The van der Waals surface area contributed by atoms with E-state index in [-0.39, 0.29) is 11.9 Å². The molecule has 1 aliphatic rings. The minimum Gasteiger partial charge on any atom is -0.427 e. The first-order valence-electron chi connectivity index (χ1n) is 6.54. The number of rotatable bonds is 4. The van der Waals surface area contributed by atoms with Crippen molar-refractivity contribution in [2.24, 2.45) is 5.92 Å². The fourth-order valence-electron chi connectivity index (χ4n) is 2.22. The molecule has 1 aromatic carbocycles. The van der Waals surface area contributed by atoms with Gasteiger partial charge in [0.1, 0.15) is 5.75 Å². The van der Waals surface area contributed by atoms with E-state index in [9.17, 15) is 14.4 Å². The topological polar surface area (TPSA) is 69.7 Å². The number of aryl methyl sites for hydroxylation is 1. The van der Waals surface area contributed by atoms with Gasteiger partial charge in [0.2, 0.25) is 0 Å². The van der Waals surface area contributed by atoms with Crippen LogP contribution in [0.2, 0.25) is 0 Å². The van der Waals surface area contributed by atoms with Crippen molar-refractivity contribution in [3.05, 3.63) is 29.8 Å². The lowest BCUT2D eigenvalue weighted by Crippen LogP contribution is -2.25. The lowest BCUT2D eigenvalue weighted by molar-refractivity contribution is -0.165. The Hall–Kier alpha value is -2.17. The van der Waals surface area contributed by atoms with Crippen LogP contribution in [0.4, 0.5) is 0 Å². The van der Waals surface area contributed by atoms with E-state index in [1.807, 2.05) is 12.1 Å². The van der Waals surface area contributed by atoms with E-state index in [4.69, 9.17) is 4.74 Å². The van der Waals surface area contributed by atoms with Gasteiger partial charge in [-0.15, -0.1) is 0 Å². The summed E-state index contributed by atoms with van der Waals surface area (Å²) in [4.78, 5) is 33.1. The zero-order valence-corrected chi connectivity index (χ0v) is 11.3. The molecule has 0 unspecified atom stereocenters. The number of cyclic esters (lactones) is 2. The number of esters is 3. The van der Waals surface area contributed by atoms with Crippen LogP contribution in [-0.4, -0.2) is 17.9 Å². The van der Waals surface area contributed by atoms with E-state index in [0.717, 1.165) is 18.4 Å². The van der Waals surface area contributed by atoms with Crippen molar-refractivity contribution in [2.45, 2.75) is 32.6 Å². The van der Waals surface area contributed by atoms with Gasteiger partial charge in [-0.2, -0.15) is 0 Å². The fourth-order valence-corrected chi connectivity index (χ4v) is 2.22. The fraction of sp³-hybridized carbons (Fsp3) is 0.400. The van der Waals surface area contributed by atoms with E-state index in [1.54, 1.807) is 12.1 Å². The van der Waals surface area contributed by atoms with Crippen LogP contribution in [0.1, 0.15) is 31.7 Å². The Morgan fingerprint density at radius 1 is 1.20 bits per heavy atom. The summed E-state index contributed by atoms with van der Waals surface area (Å²) >= 11 is 0. The Bertz CT molecular complexity index is 502. The van der Waals surface area contributed by atoms with Gasteiger partial charge < -0.3 is 9.47 Å². The van der Waals surface area contributed by atoms with Gasteiger partial charge in [0, 0.05) is 19.8 Å². The Labute approximate surface area is 116 Å². The highest BCUT2D eigenvalue weighted by atomic mass is 16.6. The Morgan fingerprint density at radius 2 is 1.80 bits per heavy atom. The third-order valence-corrected chi connectivity index (χ3v) is 3.16. The molecular weight excluding hydrogens is 260 g/mol. The number of hydrogen-bond acceptors (Lipinski definition) is 5. The van der Waals surface area contributed by atoms with Crippen molar-refractivity contribution in [3.8, 4) is 5.75 Å². The van der Waals surface area contributed by atoms with Crippen molar-refractivity contribution in [3.63, 3.8) is 0 Å². The molecule has 0 spiro atoms. The average molecular weight is 276 g/mol. The zero-order valence-electron chi connectivity index (χ0n) is 11.3. The number of carbonyl (C=O) groups is 3. The third-order valence-electron chi connectivity index (χ3n) is 3.16. The molecule has 0 bridgehead atoms. The smallest absolute Gasteiger partial charge is 0.313 e. The van der Waals surface area contributed by atoms with Crippen molar-refractivity contribution >= 4 is 17.9 Å². The molecule has 2 rings (SSSR count). The number of hydrogen-bond donors (Lipinski definition) is 0. The van der Waals surface area contributed by atoms with E-state index < -0.39 is 11.9 Å². The van der Waals surface area contributed by atoms with Gasteiger partial charge in [-0.3, -0.25) is 14.4 Å². The van der Waals surface area contributed by atoms with Crippen LogP contribution in [0.5, 0.6) is 5.75 Å². The first-order chi connectivity index (χ1) is 9.52. The first kappa shape index (κ1) is 14.2. The molecule has 1 saturated heterocycles. The molecule has 5 nitrogen and oxygen atoms in total. The van der Waals surface area contributed by atoms with Crippen LogP contribution in [0.3, 0.4) is 0 Å². The predicted octanol–water partition coefficient (Wildman–Crippen LogP) is 2.02. The first-order valence-corrected chi connectivity index (χ1v) is 6.54. The molecule has 1 heterocycles. The normalized spacial score (nSPS) is 15.8. The molecule has 0 radical (unpaired) electrons. The molecule has 1 fully saturated rings. The maximum Gasteiger partial charge on any atom is 0.313 e. The van der Waals surface area contributed by atoms with E-state index in [2.05, 4.69) is 4.74 Å². The van der Waals surface area contributed by atoms with Crippen LogP contribution < -0.4 is 4.74 Å². The molecule has 0 aliphatic carbocycles. The molecule has 0 saturated carbocycles. The van der Waals surface area contributed by atoms with Gasteiger partial charge >= 0.3 is 17.9 Å². The van der Waals surface area contributed by atoms with Gasteiger partial charge in [0.25, 0.3) is 0 Å². The summed E-state index contributed by atoms with van der Waals surface area (Å²) in [6, 6.07) is 7.22. The molecule has 0 N–H and O–H groups in total. The van der Waals surface area contributed by atoms with Crippen molar-refractivity contribution in [2.75, 3.05) is 0 Å². The Balaban J connectivity index is 1.86. The van der Waals surface area contributed by atoms with Crippen LogP contribution in [0.25, 0.3) is 0 Å². The molecule has 106 valence electrons. The molecule has 0 aromatic heterocycles. The lowest BCUT2D eigenvalue weighted by atomic mass is 9.92. The standard InChI is InChI=1S/C15H16O5/c1-10(16)19-13-6-4-11(5-7-13)2-3-12-8-14(17)20-15(18)9-12/h4-7,12H,2-3,8-9H2,1H3. The monoisotopic (exact) mass is 276 g/mol. The summed E-state index contributed by atoms with van der Waals surface area (Å²) in [6.45, 7) is 1.35. The van der Waals surface area contributed by atoms with Crippen LogP contribution >= 0.6 is 0 Å². The highest BCUT2D eigenvalue weighted by Gasteiger charge is 2.26. The van der Waals surface area contributed by atoms with Gasteiger partial charge in [0.15, 0.2) is 0 Å². The molecule has 1 aromatic rings. The zero-order chi connectivity index (χ0) is 14.5. The lowest BCUT2D eigenvalue weighted by Gasteiger charge is -2.19. The second-order valence-corrected chi connectivity index (χ2v) is 4.90. The van der Waals surface area contributed by atoms with Crippen LogP contribution in [0, 0.1) is 5.92 Å². The molecule has 0 atom stereocenters. The van der Waals surface area contributed by atoms with Gasteiger partial charge in [0.05, 0.1) is 0 Å². The summed E-state index contributed by atoms with van der Waals surface area (Å²) in [7, 11) is 0. The summed E-state index contributed by atoms with van der Waals surface area (Å²) in [5.41, 5.74) is 1.08. The Morgan fingerprint density at radius 3 is 2.35 bits per heavy atom. The van der Waals surface area contributed by atoms with Crippen molar-refractivity contribution in [1.29, 1.82) is 0 Å². The van der Waals surface area contributed by atoms with Crippen molar-refractivity contribution in [1.82, 2.24) is 0 Å². The van der Waals surface area contributed by atoms with Gasteiger partial charge in [-0.25, -0.2) is 0 Å². The van der Waals surface area contributed by atoms with Crippen LogP contribution in [-0.2, 0) is 25.5 Å². The molecular formula is C15H16O5. The summed E-state index contributed by atoms with van der Waals surface area (Å²) in [5.74, 6) is -0.653. The average Bonchev–Trinajstić information content (AvgIpc) is 2.36. The Kier molecular flexibility index (Phi) is 4.50. The highest BCUT2D eigenvalue weighted by molar-refractivity contribution is 5.88. The van der Waals surface area contributed by atoms with Gasteiger partial charge in [-0.05, 0) is 36.5 Å². The SMILES string of the molecule is CC(=O)Oc1ccc(CCC2CC(=O)OC(=O)C2)cc1. The maximum atomic E-state index is 11.2. The minimum atomic E-state index is -0.434. The summed E-state index contributed by atoms with van der Waals surface area (Å²) < 4.78 is 9.44. The predicted molar refractivity (Wildman–Crippen MR) is 69.9 cm³/mol. The largest absolute Gasteiger partial charge is 0.427 e. The minimum absolute atomic E-state index is 0.0527. The summed E-state index contributed by atoms with van der Waals surface area (Å²) in [5, 5.41) is 0. The highest BCUT2D eigenvalue weighted by Crippen LogP contribution is 2.23.